The first-order chi connectivity index (χ1) is 24.9. The van der Waals surface area contributed by atoms with Crippen LogP contribution in [-0.4, -0.2) is 42.0 Å². The van der Waals surface area contributed by atoms with E-state index >= 15 is 0 Å². The second-order valence-electron chi connectivity index (χ2n) is 14.2. The molecule has 3 heterocycles. The standard InChI is InChI=1S/C44H46NO5P/c1-33(45-31-19-20-32-45)39(34-21-9-4-10-22-34)48-51-49-43(35-23-11-5-12-24-35,36-25-13-6-14-26-36)40-41(47-42(2,3)46-40)44(50-51,37-27-15-7-16-28-37)38-29-17-8-18-30-38/h4-18,21-30,33,39-41H,19-20,31-32H2,1-3H3/t33-,39-,40+,41+/m0/s1. The molecule has 262 valence electrons. The van der Waals surface area contributed by atoms with Gasteiger partial charge in [-0.3, -0.25) is 13.9 Å². The quantitative estimate of drug-likeness (QED) is 0.143. The predicted octanol–water partition coefficient (Wildman–Crippen LogP) is 9.91. The maximum atomic E-state index is 7.64. The highest BCUT2D eigenvalue weighted by Gasteiger charge is 2.67. The molecule has 6 nitrogen and oxygen atoms in total. The summed E-state index contributed by atoms with van der Waals surface area (Å²) < 4.78 is 37.0. The van der Waals surface area contributed by atoms with Crippen LogP contribution in [0.25, 0.3) is 0 Å². The molecule has 3 aliphatic rings. The SMILES string of the molecule is C[C@@H]([C@H](OP1OC(c2ccccc2)(c2ccccc2)[C@@H]2OC(C)(C)O[C@H]2C(c2ccccc2)(c2ccccc2)O1)c1ccccc1)N1CCCC1. The summed E-state index contributed by atoms with van der Waals surface area (Å²) >= 11 is 0. The molecule has 0 amide bonds. The minimum absolute atomic E-state index is 0.0736. The van der Waals surface area contributed by atoms with Crippen molar-refractivity contribution >= 4 is 8.60 Å². The van der Waals surface area contributed by atoms with Crippen LogP contribution < -0.4 is 0 Å². The van der Waals surface area contributed by atoms with Crippen LogP contribution >= 0.6 is 8.60 Å². The smallest absolute Gasteiger partial charge is 0.336 e. The number of nitrogens with zero attached hydrogens (tertiary/aromatic N) is 1. The fourth-order valence-corrected chi connectivity index (χ4v) is 9.91. The van der Waals surface area contributed by atoms with Crippen molar-refractivity contribution in [3.8, 4) is 0 Å². The van der Waals surface area contributed by atoms with Crippen LogP contribution in [0.4, 0.5) is 0 Å². The monoisotopic (exact) mass is 699 g/mol. The van der Waals surface area contributed by atoms with Crippen LogP contribution in [0, 0.1) is 0 Å². The summed E-state index contributed by atoms with van der Waals surface area (Å²) in [4.78, 5) is 2.53. The summed E-state index contributed by atoms with van der Waals surface area (Å²) in [5.74, 6) is -0.955. The first-order valence-electron chi connectivity index (χ1n) is 18.1. The molecule has 3 saturated heterocycles. The fourth-order valence-electron chi connectivity index (χ4n) is 8.20. The Bertz CT molecular complexity index is 1670. The molecule has 0 unspecified atom stereocenters. The average molecular weight is 700 g/mol. The summed E-state index contributed by atoms with van der Waals surface area (Å²) in [5, 5.41) is 0. The van der Waals surface area contributed by atoms with Gasteiger partial charge in [-0.25, -0.2) is 0 Å². The highest BCUT2D eigenvalue weighted by molar-refractivity contribution is 7.41. The number of benzene rings is 5. The lowest BCUT2D eigenvalue weighted by Crippen LogP contribution is -2.53. The Morgan fingerprint density at radius 1 is 0.569 bits per heavy atom. The van der Waals surface area contributed by atoms with Gasteiger partial charge in [-0.2, -0.15) is 0 Å². The summed E-state index contributed by atoms with van der Waals surface area (Å²) in [5.41, 5.74) is 2.49. The Balaban J connectivity index is 1.39. The molecule has 8 rings (SSSR count). The van der Waals surface area contributed by atoms with Crippen LogP contribution in [0.3, 0.4) is 0 Å². The Kier molecular flexibility index (Phi) is 9.69. The third kappa shape index (κ3) is 6.38. The van der Waals surface area contributed by atoms with Gasteiger partial charge in [0.05, 0.1) is 0 Å². The van der Waals surface area contributed by atoms with E-state index in [0.717, 1.165) is 40.9 Å². The van der Waals surface area contributed by atoms with Gasteiger partial charge in [0, 0.05) is 6.04 Å². The lowest BCUT2D eigenvalue weighted by Gasteiger charge is -2.41. The van der Waals surface area contributed by atoms with E-state index in [1.54, 1.807) is 0 Å². The zero-order valence-electron chi connectivity index (χ0n) is 29.5. The molecule has 0 aliphatic carbocycles. The lowest BCUT2D eigenvalue weighted by molar-refractivity contribution is -0.177. The summed E-state index contributed by atoms with van der Waals surface area (Å²) in [7, 11) is -2.12. The maximum absolute atomic E-state index is 7.64. The van der Waals surface area contributed by atoms with Crippen molar-refractivity contribution in [3.05, 3.63) is 179 Å². The molecular formula is C44H46NO5P. The zero-order valence-corrected chi connectivity index (χ0v) is 30.4. The molecule has 0 radical (unpaired) electrons. The highest BCUT2D eigenvalue weighted by Crippen LogP contribution is 2.66. The second kappa shape index (κ2) is 14.4. The predicted molar refractivity (Wildman–Crippen MR) is 201 cm³/mol. The van der Waals surface area contributed by atoms with Gasteiger partial charge in [0.2, 0.25) is 0 Å². The van der Waals surface area contributed by atoms with Crippen molar-refractivity contribution in [2.75, 3.05) is 13.1 Å². The zero-order chi connectivity index (χ0) is 34.9. The topological polar surface area (TPSA) is 49.4 Å². The van der Waals surface area contributed by atoms with Gasteiger partial charge < -0.3 is 14.0 Å². The van der Waals surface area contributed by atoms with Gasteiger partial charge in [0.1, 0.15) is 18.3 Å². The van der Waals surface area contributed by atoms with Crippen molar-refractivity contribution in [3.63, 3.8) is 0 Å². The minimum atomic E-state index is -2.12. The van der Waals surface area contributed by atoms with Gasteiger partial charge in [0.15, 0.2) is 17.0 Å². The number of hydrogen-bond acceptors (Lipinski definition) is 6. The van der Waals surface area contributed by atoms with Crippen molar-refractivity contribution < 1.29 is 23.0 Å². The maximum Gasteiger partial charge on any atom is 0.336 e. The van der Waals surface area contributed by atoms with Crippen LogP contribution in [0.5, 0.6) is 0 Å². The Labute approximate surface area is 303 Å². The van der Waals surface area contributed by atoms with E-state index in [-0.39, 0.29) is 12.1 Å². The van der Waals surface area contributed by atoms with Crippen LogP contribution in [-0.2, 0) is 34.2 Å². The molecule has 3 aliphatic heterocycles. The molecular weight excluding hydrogens is 653 g/mol. The summed E-state index contributed by atoms with van der Waals surface area (Å²) in [6.07, 6.45) is 0.718. The van der Waals surface area contributed by atoms with E-state index in [2.05, 4.69) is 133 Å². The molecule has 0 N–H and O–H groups in total. The molecule has 5 aromatic carbocycles. The fraction of sp³-hybridized carbons (Fsp3) is 0.318. The number of hydrogen-bond donors (Lipinski definition) is 0. The lowest BCUT2D eigenvalue weighted by atomic mass is 9.72. The Hall–Kier alpha value is -3.71. The van der Waals surface area contributed by atoms with E-state index in [1.807, 2.05) is 44.2 Å². The highest BCUT2D eigenvalue weighted by atomic mass is 31.2. The largest absolute Gasteiger partial charge is 0.341 e. The van der Waals surface area contributed by atoms with Crippen molar-refractivity contribution in [1.82, 2.24) is 4.90 Å². The van der Waals surface area contributed by atoms with Crippen molar-refractivity contribution in [1.29, 1.82) is 0 Å². The minimum Gasteiger partial charge on any atom is -0.341 e. The summed E-state index contributed by atoms with van der Waals surface area (Å²) in [6, 6.07) is 52.1. The van der Waals surface area contributed by atoms with Gasteiger partial charge in [-0.15, -0.1) is 0 Å². The number of likely N-dealkylation sites (tertiary alicyclic amines) is 1. The van der Waals surface area contributed by atoms with E-state index in [0.29, 0.717) is 0 Å². The third-order valence-corrected chi connectivity index (χ3v) is 11.9. The molecule has 7 heteroatoms. The molecule has 5 aromatic rings. The van der Waals surface area contributed by atoms with E-state index in [9.17, 15) is 0 Å². The van der Waals surface area contributed by atoms with Crippen molar-refractivity contribution in [2.24, 2.45) is 0 Å². The molecule has 0 bridgehead atoms. The average Bonchev–Trinajstić information content (AvgIpc) is 3.82. The third-order valence-electron chi connectivity index (χ3n) is 10.6. The van der Waals surface area contributed by atoms with Crippen molar-refractivity contribution in [2.45, 2.75) is 75.0 Å². The van der Waals surface area contributed by atoms with Gasteiger partial charge in [-0.05, 0) is 74.5 Å². The molecule has 0 spiro atoms. The number of fused-ring (bicyclic) bond motifs is 1. The molecule has 51 heavy (non-hydrogen) atoms. The Morgan fingerprint density at radius 2 is 0.922 bits per heavy atom. The van der Waals surface area contributed by atoms with Crippen LogP contribution in [0.15, 0.2) is 152 Å². The summed E-state index contributed by atoms with van der Waals surface area (Å²) in [6.45, 7) is 8.29. The van der Waals surface area contributed by atoms with E-state index < -0.39 is 37.8 Å². The van der Waals surface area contributed by atoms with E-state index in [1.165, 1.54) is 12.8 Å². The number of ether oxygens (including phenoxy) is 2. The molecule has 0 aromatic heterocycles. The van der Waals surface area contributed by atoms with Crippen LogP contribution in [0.1, 0.15) is 67.5 Å². The van der Waals surface area contributed by atoms with Crippen LogP contribution in [0.2, 0.25) is 0 Å². The Morgan fingerprint density at radius 3 is 1.29 bits per heavy atom. The van der Waals surface area contributed by atoms with Gasteiger partial charge in [0.25, 0.3) is 0 Å². The first kappa shape index (κ1) is 34.4. The normalized spacial score (nSPS) is 24.0. The number of rotatable bonds is 9. The molecule has 4 atom stereocenters. The molecule has 3 fully saturated rings. The first-order valence-corrected chi connectivity index (χ1v) is 19.2. The van der Waals surface area contributed by atoms with Gasteiger partial charge >= 0.3 is 8.60 Å². The van der Waals surface area contributed by atoms with E-state index in [4.69, 9.17) is 23.0 Å². The van der Waals surface area contributed by atoms with Gasteiger partial charge in [-0.1, -0.05) is 152 Å². The molecule has 0 saturated carbocycles. The second-order valence-corrected chi connectivity index (χ2v) is 15.3.